The summed E-state index contributed by atoms with van der Waals surface area (Å²) in [5.41, 5.74) is 6.93. The lowest BCUT2D eigenvalue weighted by Crippen LogP contribution is -2.36. The maximum Gasteiger partial charge on any atom is 0.323 e. The van der Waals surface area contributed by atoms with E-state index in [4.69, 9.17) is 16.3 Å². The Bertz CT molecular complexity index is 476. The van der Waals surface area contributed by atoms with Crippen molar-refractivity contribution in [3.63, 3.8) is 0 Å². The molecule has 9 nitrogen and oxygen atoms in total. The molecule has 0 atom stereocenters. The number of hydrogen-bond donors (Lipinski definition) is 4. The van der Waals surface area contributed by atoms with Gasteiger partial charge in [0, 0.05) is 12.0 Å². The van der Waals surface area contributed by atoms with Crippen LogP contribution < -0.4 is 27.1 Å². The molecular formula is C11H21N7O2. The molecule has 0 saturated carbocycles. The second-order valence-corrected chi connectivity index (χ2v) is 5.23. The summed E-state index contributed by atoms with van der Waals surface area (Å²) >= 11 is 0. The number of amides is 1. The van der Waals surface area contributed by atoms with Crippen molar-refractivity contribution in [3.05, 3.63) is 0 Å². The van der Waals surface area contributed by atoms with Gasteiger partial charge in [0.05, 0.1) is 6.10 Å². The third-order valence-electron chi connectivity index (χ3n) is 2.15. The van der Waals surface area contributed by atoms with Crippen LogP contribution in [0.3, 0.4) is 0 Å². The van der Waals surface area contributed by atoms with Crippen LogP contribution in [0.4, 0.5) is 11.9 Å². The highest BCUT2D eigenvalue weighted by molar-refractivity contribution is 5.75. The minimum Gasteiger partial charge on any atom is -0.461 e. The number of ether oxygens (including phenoxy) is 1. The molecule has 0 aliphatic carbocycles. The Balaban J connectivity index is 2.96. The topological polar surface area (TPSA) is 141 Å². The molecule has 9 heteroatoms. The summed E-state index contributed by atoms with van der Waals surface area (Å²) in [5, 5.41) is 3.00. The van der Waals surface area contributed by atoms with Crippen LogP contribution in [0.5, 0.6) is 6.01 Å². The highest BCUT2D eigenvalue weighted by Crippen LogP contribution is 2.18. The molecule has 0 fully saturated rings. The monoisotopic (exact) mass is 283 g/mol. The molecule has 20 heavy (non-hydrogen) atoms. The molecule has 0 spiro atoms. The van der Waals surface area contributed by atoms with E-state index in [1.165, 1.54) is 0 Å². The summed E-state index contributed by atoms with van der Waals surface area (Å²) in [6, 6.07) is 0.139. The minimum atomic E-state index is -0.603. The average molecular weight is 283 g/mol. The third-order valence-corrected chi connectivity index (χ3v) is 2.15. The van der Waals surface area contributed by atoms with E-state index in [1.54, 1.807) is 13.8 Å². The number of carbonyl (C=O) groups excluding carboxylic acids is 1. The lowest BCUT2D eigenvalue weighted by atomic mass is 10.0. The number of anilines is 2. The molecule has 0 aliphatic heterocycles. The quantitative estimate of drug-likeness (QED) is 0.405. The number of carbonyl (C=O) groups is 1. The number of hydrogen-bond acceptors (Lipinski definition) is 8. The number of aromatic nitrogens is 3. The summed E-state index contributed by atoms with van der Waals surface area (Å²) < 4.78 is 5.40. The van der Waals surface area contributed by atoms with Gasteiger partial charge in [-0.25, -0.2) is 5.84 Å². The van der Waals surface area contributed by atoms with Crippen LogP contribution in [0.25, 0.3) is 0 Å². The van der Waals surface area contributed by atoms with Crippen molar-refractivity contribution in [2.75, 3.05) is 10.7 Å². The number of primary amides is 1. The Morgan fingerprint density at radius 1 is 1.30 bits per heavy atom. The van der Waals surface area contributed by atoms with Gasteiger partial charge in [-0.05, 0) is 27.7 Å². The SMILES string of the molecule is CC(C)Oc1nc(NN)nc(NC(C)(C)CC(N)=O)n1. The predicted octanol–water partition coefficient (Wildman–Crippen LogP) is 0.0103. The standard InChI is InChI=1S/C11H21N7O2/c1-6(2)20-10-15-8(14-9(16-10)18-13)17-11(3,4)5-7(12)19/h6H,5,13H2,1-4H3,(H2,12,19)(H2,14,15,16,17,18). The zero-order chi connectivity index (χ0) is 15.3. The van der Waals surface area contributed by atoms with Crippen molar-refractivity contribution in [1.82, 2.24) is 15.0 Å². The molecule has 0 saturated heterocycles. The van der Waals surface area contributed by atoms with Gasteiger partial charge >= 0.3 is 6.01 Å². The van der Waals surface area contributed by atoms with Crippen molar-refractivity contribution in [2.45, 2.75) is 45.8 Å². The van der Waals surface area contributed by atoms with Gasteiger partial charge in [0.2, 0.25) is 17.8 Å². The van der Waals surface area contributed by atoms with Gasteiger partial charge in [-0.2, -0.15) is 15.0 Å². The van der Waals surface area contributed by atoms with E-state index in [2.05, 4.69) is 25.7 Å². The molecule has 1 heterocycles. The Kier molecular flexibility index (Phi) is 5.03. The van der Waals surface area contributed by atoms with Gasteiger partial charge in [-0.3, -0.25) is 10.2 Å². The Morgan fingerprint density at radius 3 is 2.40 bits per heavy atom. The van der Waals surface area contributed by atoms with Crippen molar-refractivity contribution in [1.29, 1.82) is 0 Å². The Labute approximate surface area is 117 Å². The molecule has 1 rings (SSSR count). The molecule has 0 unspecified atom stereocenters. The number of rotatable bonds is 7. The molecule has 112 valence electrons. The smallest absolute Gasteiger partial charge is 0.323 e. The Hall–Kier alpha value is -2.16. The van der Waals surface area contributed by atoms with Crippen LogP contribution >= 0.6 is 0 Å². The molecule has 0 bridgehead atoms. The highest BCUT2D eigenvalue weighted by atomic mass is 16.5. The van der Waals surface area contributed by atoms with Crippen LogP contribution in [0.2, 0.25) is 0 Å². The number of hydrazine groups is 1. The first-order valence-electron chi connectivity index (χ1n) is 6.17. The van der Waals surface area contributed by atoms with Gasteiger partial charge in [-0.15, -0.1) is 0 Å². The normalized spacial score (nSPS) is 11.3. The van der Waals surface area contributed by atoms with Crippen LogP contribution in [0.1, 0.15) is 34.1 Å². The zero-order valence-corrected chi connectivity index (χ0v) is 12.1. The maximum atomic E-state index is 11.0. The second-order valence-electron chi connectivity index (χ2n) is 5.23. The maximum absolute atomic E-state index is 11.0. The zero-order valence-electron chi connectivity index (χ0n) is 12.1. The van der Waals surface area contributed by atoms with E-state index < -0.39 is 11.4 Å². The summed E-state index contributed by atoms with van der Waals surface area (Å²) in [6.45, 7) is 7.31. The first-order chi connectivity index (χ1) is 9.21. The van der Waals surface area contributed by atoms with Crippen LogP contribution in [0.15, 0.2) is 0 Å². The van der Waals surface area contributed by atoms with E-state index in [1.807, 2.05) is 13.8 Å². The molecule has 1 aromatic rings. The van der Waals surface area contributed by atoms with Crippen LogP contribution in [0, 0.1) is 0 Å². The van der Waals surface area contributed by atoms with Gasteiger partial charge in [-0.1, -0.05) is 0 Å². The van der Waals surface area contributed by atoms with Crippen molar-refractivity contribution < 1.29 is 9.53 Å². The van der Waals surface area contributed by atoms with Gasteiger partial charge in [0.15, 0.2) is 0 Å². The number of nitrogen functional groups attached to an aromatic ring is 1. The predicted molar refractivity (Wildman–Crippen MR) is 74.9 cm³/mol. The van der Waals surface area contributed by atoms with E-state index in [-0.39, 0.29) is 30.4 Å². The fourth-order valence-electron chi connectivity index (χ4n) is 1.52. The van der Waals surface area contributed by atoms with Crippen molar-refractivity contribution in [3.8, 4) is 6.01 Å². The van der Waals surface area contributed by atoms with Gasteiger partial charge in [0.1, 0.15) is 0 Å². The van der Waals surface area contributed by atoms with Crippen molar-refractivity contribution in [2.24, 2.45) is 11.6 Å². The third kappa shape index (κ3) is 5.22. The van der Waals surface area contributed by atoms with Gasteiger partial charge < -0.3 is 15.8 Å². The number of nitrogens with zero attached hydrogens (tertiary/aromatic N) is 3. The average Bonchev–Trinajstić information content (AvgIpc) is 2.24. The van der Waals surface area contributed by atoms with E-state index in [0.29, 0.717) is 0 Å². The van der Waals surface area contributed by atoms with Crippen molar-refractivity contribution >= 4 is 17.8 Å². The van der Waals surface area contributed by atoms with Crippen LogP contribution in [-0.2, 0) is 4.79 Å². The lowest BCUT2D eigenvalue weighted by Gasteiger charge is -2.24. The first kappa shape index (κ1) is 15.9. The molecule has 1 aromatic heterocycles. The molecular weight excluding hydrogens is 262 g/mol. The van der Waals surface area contributed by atoms with E-state index in [0.717, 1.165) is 0 Å². The van der Waals surface area contributed by atoms with Gasteiger partial charge in [0.25, 0.3) is 0 Å². The molecule has 0 aliphatic rings. The number of nitrogens with one attached hydrogen (secondary N) is 2. The molecule has 0 aromatic carbocycles. The summed E-state index contributed by atoms with van der Waals surface area (Å²) in [5.74, 6) is 5.28. The van der Waals surface area contributed by atoms with Crippen LogP contribution in [-0.4, -0.2) is 32.5 Å². The first-order valence-corrected chi connectivity index (χ1v) is 6.17. The molecule has 1 amide bonds. The van der Waals surface area contributed by atoms with E-state index in [9.17, 15) is 4.79 Å². The Morgan fingerprint density at radius 2 is 1.90 bits per heavy atom. The molecule has 0 radical (unpaired) electrons. The largest absolute Gasteiger partial charge is 0.461 e. The summed E-state index contributed by atoms with van der Waals surface area (Å²) in [4.78, 5) is 23.1. The minimum absolute atomic E-state index is 0.0884. The summed E-state index contributed by atoms with van der Waals surface area (Å²) in [7, 11) is 0. The second kappa shape index (κ2) is 6.33. The molecule has 6 N–H and O–H groups in total. The fraction of sp³-hybridized carbons (Fsp3) is 0.636. The highest BCUT2D eigenvalue weighted by Gasteiger charge is 2.22. The lowest BCUT2D eigenvalue weighted by molar-refractivity contribution is -0.118. The van der Waals surface area contributed by atoms with E-state index >= 15 is 0 Å². The fourth-order valence-corrected chi connectivity index (χ4v) is 1.52. The summed E-state index contributed by atoms with van der Waals surface area (Å²) in [6.07, 6.45) is 0.0410. The number of nitrogens with two attached hydrogens (primary N) is 2.